The fraction of sp³-hybridized carbons (Fsp3) is 0.462. The highest BCUT2D eigenvalue weighted by Gasteiger charge is 2.19. The first-order valence-electron chi connectivity index (χ1n) is 5.49. The zero-order chi connectivity index (χ0) is 13.1. The van der Waals surface area contributed by atoms with E-state index in [1.807, 2.05) is 24.3 Å². The molecule has 0 spiro atoms. The molecule has 0 bridgehead atoms. The van der Waals surface area contributed by atoms with Gasteiger partial charge in [-0.1, -0.05) is 28.1 Å². The molecule has 0 aliphatic carbocycles. The summed E-state index contributed by atoms with van der Waals surface area (Å²) in [7, 11) is 1.71. The van der Waals surface area contributed by atoms with Crippen LogP contribution in [0.4, 0.5) is 0 Å². The topological polar surface area (TPSA) is 40.5 Å². The van der Waals surface area contributed by atoms with E-state index < -0.39 is 5.60 Å². The van der Waals surface area contributed by atoms with Gasteiger partial charge < -0.3 is 10.0 Å². The van der Waals surface area contributed by atoms with Crippen LogP contribution < -0.4 is 0 Å². The van der Waals surface area contributed by atoms with Crippen molar-refractivity contribution < 1.29 is 9.90 Å². The van der Waals surface area contributed by atoms with Gasteiger partial charge in [-0.25, -0.2) is 0 Å². The fourth-order valence-electron chi connectivity index (χ4n) is 1.58. The first-order chi connectivity index (χ1) is 7.78. The average Bonchev–Trinajstić information content (AvgIpc) is 2.19. The van der Waals surface area contributed by atoms with Gasteiger partial charge in [0.1, 0.15) is 0 Å². The maximum atomic E-state index is 11.9. The van der Waals surface area contributed by atoms with Gasteiger partial charge in [0.15, 0.2) is 0 Å². The van der Waals surface area contributed by atoms with Crippen LogP contribution >= 0.6 is 15.9 Å². The Morgan fingerprint density at radius 3 is 2.35 bits per heavy atom. The van der Waals surface area contributed by atoms with Crippen molar-refractivity contribution in [3.63, 3.8) is 0 Å². The molecule has 0 aliphatic rings. The zero-order valence-electron chi connectivity index (χ0n) is 10.4. The molecule has 4 heteroatoms. The van der Waals surface area contributed by atoms with E-state index in [1.165, 1.54) is 0 Å². The Kier molecular flexibility index (Phi) is 4.71. The third-order valence-electron chi connectivity index (χ3n) is 2.32. The molecule has 0 atom stereocenters. The van der Waals surface area contributed by atoms with Crippen molar-refractivity contribution in [3.05, 3.63) is 34.3 Å². The van der Waals surface area contributed by atoms with E-state index in [4.69, 9.17) is 0 Å². The van der Waals surface area contributed by atoms with Crippen LogP contribution in [0, 0.1) is 0 Å². The van der Waals surface area contributed by atoms with Crippen molar-refractivity contribution >= 4 is 21.8 Å². The number of hydrogen-bond acceptors (Lipinski definition) is 2. The molecule has 17 heavy (non-hydrogen) atoms. The number of rotatable bonds is 4. The summed E-state index contributed by atoms with van der Waals surface area (Å²) in [6.07, 6.45) is 0.361. The summed E-state index contributed by atoms with van der Waals surface area (Å²) in [4.78, 5) is 13.4. The van der Waals surface area contributed by atoms with E-state index >= 15 is 0 Å². The molecular formula is C13H18BrNO2. The van der Waals surface area contributed by atoms with Crippen LogP contribution in [0.5, 0.6) is 0 Å². The summed E-state index contributed by atoms with van der Waals surface area (Å²) in [6, 6.07) is 7.66. The number of aliphatic hydroxyl groups is 1. The summed E-state index contributed by atoms with van der Waals surface area (Å²) < 4.78 is 0.999. The van der Waals surface area contributed by atoms with Crippen LogP contribution in [0.2, 0.25) is 0 Å². The van der Waals surface area contributed by atoms with Gasteiger partial charge in [-0.2, -0.15) is 0 Å². The summed E-state index contributed by atoms with van der Waals surface area (Å²) in [6.45, 7) is 3.72. The minimum atomic E-state index is -0.857. The smallest absolute Gasteiger partial charge is 0.226 e. The summed E-state index contributed by atoms with van der Waals surface area (Å²) in [5, 5.41) is 9.64. The second-order valence-corrected chi connectivity index (χ2v) is 5.78. The molecule has 0 radical (unpaired) electrons. The summed E-state index contributed by atoms with van der Waals surface area (Å²) in [5.74, 6) is 0.00875. The normalized spacial score (nSPS) is 11.4. The van der Waals surface area contributed by atoms with Gasteiger partial charge in [-0.3, -0.25) is 4.79 Å². The van der Waals surface area contributed by atoms with E-state index in [2.05, 4.69) is 15.9 Å². The third-order valence-corrected chi connectivity index (χ3v) is 2.85. The number of likely N-dealkylation sites (N-methyl/N-ethyl adjacent to an activating group) is 1. The number of halogens is 1. The minimum absolute atomic E-state index is 0.00875. The van der Waals surface area contributed by atoms with Crippen LogP contribution in [-0.2, 0) is 11.2 Å². The molecular weight excluding hydrogens is 282 g/mol. The quantitative estimate of drug-likeness (QED) is 0.926. The largest absolute Gasteiger partial charge is 0.389 e. The monoisotopic (exact) mass is 299 g/mol. The van der Waals surface area contributed by atoms with Crippen LogP contribution in [-0.4, -0.2) is 35.1 Å². The van der Waals surface area contributed by atoms with Gasteiger partial charge in [0.05, 0.1) is 12.0 Å². The van der Waals surface area contributed by atoms with Crippen molar-refractivity contribution in [2.45, 2.75) is 25.9 Å². The standard InChI is InChI=1S/C13H18BrNO2/c1-13(2,17)9-15(3)12(16)8-10-4-6-11(14)7-5-10/h4-7,17H,8-9H2,1-3H3. The highest BCUT2D eigenvalue weighted by molar-refractivity contribution is 9.10. The Balaban J connectivity index is 2.57. The van der Waals surface area contributed by atoms with Gasteiger partial charge in [0.2, 0.25) is 5.91 Å². The Labute approximate surface area is 111 Å². The maximum absolute atomic E-state index is 11.9. The van der Waals surface area contributed by atoms with Gasteiger partial charge in [-0.15, -0.1) is 0 Å². The van der Waals surface area contributed by atoms with Crippen LogP contribution in [0.25, 0.3) is 0 Å². The van der Waals surface area contributed by atoms with Crippen LogP contribution in [0.15, 0.2) is 28.7 Å². The minimum Gasteiger partial charge on any atom is -0.389 e. The second kappa shape index (κ2) is 5.65. The Hall–Kier alpha value is -0.870. The first kappa shape index (κ1) is 14.2. The average molecular weight is 300 g/mol. The van der Waals surface area contributed by atoms with Crippen molar-refractivity contribution in [2.75, 3.05) is 13.6 Å². The summed E-state index contributed by atoms with van der Waals surface area (Å²) in [5.41, 5.74) is 0.116. The molecule has 0 aromatic heterocycles. The Morgan fingerprint density at radius 2 is 1.88 bits per heavy atom. The zero-order valence-corrected chi connectivity index (χ0v) is 12.0. The molecule has 0 unspecified atom stereocenters. The Bertz CT molecular complexity index is 381. The molecule has 1 aromatic carbocycles. The van der Waals surface area contributed by atoms with Crippen molar-refractivity contribution in [1.82, 2.24) is 4.90 Å². The van der Waals surface area contributed by atoms with Gasteiger partial charge in [-0.05, 0) is 31.5 Å². The molecule has 1 N–H and O–H groups in total. The lowest BCUT2D eigenvalue weighted by atomic mass is 10.1. The maximum Gasteiger partial charge on any atom is 0.226 e. The van der Waals surface area contributed by atoms with Gasteiger partial charge in [0, 0.05) is 18.1 Å². The lowest BCUT2D eigenvalue weighted by Crippen LogP contribution is -2.40. The van der Waals surface area contributed by atoms with Crippen LogP contribution in [0.1, 0.15) is 19.4 Å². The molecule has 3 nitrogen and oxygen atoms in total. The molecule has 0 fully saturated rings. The fourth-order valence-corrected chi connectivity index (χ4v) is 1.84. The van der Waals surface area contributed by atoms with Crippen molar-refractivity contribution in [1.29, 1.82) is 0 Å². The van der Waals surface area contributed by atoms with E-state index in [-0.39, 0.29) is 5.91 Å². The van der Waals surface area contributed by atoms with E-state index in [0.717, 1.165) is 10.0 Å². The second-order valence-electron chi connectivity index (χ2n) is 4.87. The van der Waals surface area contributed by atoms with E-state index in [9.17, 15) is 9.90 Å². The number of nitrogens with zero attached hydrogens (tertiary/aromatic N) is 1. The first-order valence-corrected chi connectivity index (χ1v) is 6.28. The lowest BCUT2D eigenvalue weighted by Gasteiger charge is -2.25. The molecule has 0 aliphatic heterocycles. The molecule has 0 saturated carbocycles. The number of carbonyl (C=O) groups is 1. The molecule has 0 heterocycles. The number of amides is 1. The highest BCUT2D eigenvalue weighted by Crippen LogP contribution is 2.12. The van der Waals surface area contributed by atoms with Crippen molar-refractivity contribution in [2.24, 2.45) is 0 Å². The van der Waals surface area contributed by atoms with Gasteiger partial charge in [0.25, 0.3) is 0 Å². The lowest BCUT2D eigenvalue weighted by molar-refractivity contribution is -0.131. The van der Waals surface area contributed by atoms with E-state index in [0.29, 0.717) is 13.0 Å². The number of carbonyl (C=O) groups excluding carboxylic acids is 1. The molecule has 1 rings (SSSR count). The predicted octanol–water partition coefficient (Wildman–Crippen LogP) is 2.22. The van der Waals surface area contributed by atoms with Crippen molar-refractivity contribution in [3.8, 4) is 0 Å². The summed E-state index contributed by atoms with van der Waals surface area (Å²) >= 11 is 3.35. The molecule has 1 aromatic rings. The molecule has 1 amide bonds. The predicted molar refractivity (Wildman–Crippen MR) is 71.8 cm³/mol. The Morgan fingerprint density at radius 1 is 1.35 bits per heavy atom. The number of benzene rings is 1. The highest BCUT2D eigenvalue weighted by atomic mass is 79.9. The van der Waals surface area contributed by atoms with E-state index in [1.54, 1.807) is 25.8 Å². The van der Waals surface area contributed by atoms with Crippen LogP contribution in [0.3, 0.4) is 0 Å². The van der Waals surface area contributed by atoms with Gasteiger partial charge >= 0.3 is 0 Å². The molecule has 0 saturated heterocycles. The SMILES string of the molecule is CN(CC(C)(C)O)C(=O)Cc1ccc(Br)cc1. The molecule has 94 valence electrons. The number of hydrogen-bond donors (Lipinski definition) is 1. The third kappa shape index (κ3) is 5.33.